The molecule has 0 saturated carbocycles. The monoisotopic (exact) mass is 386 g/mol. The van der Waals surface area contributed by atoms with Gasteiger partial charge in [0.05, 0.1) is 16.1 Å². The molecule has 3 rings (SSSR count). The van der Waals surface area contributed by atoms with Gasteiger partial charge in [-0.15, -0.1) is 0 Å². The average molecular weight is 387 g/mol. The van der Waals surface area contributed by atoms with E-state index in [1.54, 1.807) is 30.3 Å². The summed E-state index contributed by atoms with van der Waals surface area (Å²) in [4.78, 5) is 25.8. The molecule has 0 unspecified atom stereocenters. The van der Waals surface area contributed by atoms with Crippen LogP contribution in [0.15, 0.2) is 36.4 Å². The molecule has 2 aromatic carbocycles. The number of fused-ring (bicyclic) bond motifs is 2. The van der Waals surface area contributed by atoms with Crippen molar-refractivity contribution in [1.29, 1.82) is 0 Å². The minimum absolute atomic E-state index is 0.177. The molecule has 0 saturated heterocycles. The van der Waals surface area contributed by atoms with Gasteiger partial charge in [-0.2, -0.15) is 0 Å². The Morgan fingerprint density at radius 1 is 0.778 bits per heavy atom. The first-order valence-corrected chi connectivity index (χ1v) is 9.39. The zero-order chi connectivity index (χ0) is 19.2. The van der Waals surface area contributed by atoms with Crippen molar-refractivity contribution in [3.63, 3.8) is 0 Å². The first-order chi connectivity index (χ1) is 13.1. The maximum atomic E-state index is 13.0. The van der Waals surface area contributed by atoms with E-state index in [0.29, 0.717) is 46.1 Å². The minimum atomic E-state index is -0.210. The Hall–Kier alpha value is -2.25. The standard InChI is InChI=1S/C20H23ClN4O2/c21-15-5-1-3-13-17(15)19(26)14-4-2-6-16(18(14)20(13)27)25-12-11-24-10-9-23-8-7-22/h1-6,23-25H,7-12,22H2. The maximum Gasteiger partial charge on any atom is 0.196 e. The molecular weight excluding hydrogens is 364 g/mol. The van der Waals surface area contributed by atoms with Crippen LogP contribution in [0, 0.1) is 0 Å². The molecule has 0 aliphatic heterocycles. The molecule has 0 heterocycles. The van der Waals surface area contributed by atoms with Gasteiger partial charge in [-0.1, -0.05) is 35.9 Å². The van der Waals surface area contributed by atoms with Crippen molar-refractivity contribution in [2.75, 3.05) is 44.6 Å². The van der Waals surface area contributed by atoms with Crippen molar-refractivity contribution in [2.24, 2.45) is 5.73 Å². The third kappa shape index (κ3) is 4.20. The zero-order valence-electron chi connectivity index (χ0n) is 15.0. The van der Waals surface area contributed by atoms with Gasteiger partial charge in [-0.3, -0.25) is 9.59 Å². The van der Waals surface area contributed by atoms with Gasteiger partial charge in [-0.05, 0) is 12.1 Å². The summed E-state index contributed by atoms with van der Waals surface area (Å²) >= 11 is 6.16. The number of ketones is 2. The SMILES string of the molecule is NCCNCCNCCNc1cccc2c1C(=O)c1cccc(Cl)c1C2=O. The molecule has 1 aliphatic rings. The number of rotatable bonds is 9. The molecule has 7 heteroatoms. The Labute approximate surface area is 163 Å². The molecule has 6 nitrogen and oxygen atoms in total. The summed E-state index contributed by atoms with van der Waals surface area (Å²) < 4.78 is 0. The van der Waals surface area contributed by atoms with E-state index >= 15 is 0 Å². The Balaban J connectivity index is 1.68. The number of carbonyl (C=O) groups is 2. The zero-order valence-corrected chi connectivity index (χ0v) is 15.7. The number of anilines is 1. The minimum Gasteiger partial charge on any atom is -0.383 e. The summed E-state index contributed by atoms with van der Waals surface area (Å²) in [6.45, 7) is 4.48. The second-order valence-corrected chi connectivity index (χ2v) is 6.67. The van der Waals surface area contributed by atoms with Gasteiger partial charge in [0.15, 0.2) is 11.6 Å². The van der Waals surface area contributed by atoms with Gasteiger partial charge in [0, 0.05) is 56.1 Å². The molecule has 0 fully saturated rings. The van der Waals surface area contributed by atoms with Gasteiger partial charge in [0.25, 0.3) is 0 Å². The third-order valence-corrected chi connectivity index (χ3v) is 4.75. The number of nitrogens with one attached hydrogen (secondary N) is 3. The fourth-order valence-corrected chi connectivity index (χ4v) is 3.42. The van der Waals surface area contributed by atoms with Crippen LogP contribution in [-0.4, -0.2) is 50.8 Å². The normalized spacial score (nSPS) is 12.7. The number of halogens is 1. The molecule has 0 atom stereocenters. The van der Waals surface area contributed by atoms with E-state index in [1.807, 2.05) is 6.07 Å². The maximum absolute atomic E-state index is 13.0. The van der Waals surface area contributed by atoms with E-state index in [4.69, 9.17) is 17.3 Å². The molecule has 0 aromatic heterocycles. The molecule has 27 heavy (non-hydrogen) atoms. The first kappa shape index (κ1) is 19.5. The molecule has 0 amide bonds. The van der Waals surface area contributed by atoms with Gasteiger partial charge < -0.3 is 21.7 Å². The highest BCUT2D eigenvalue weighted by Crippen LogP contribution is 2.34. The second kappa shape index (κ2) is 9.10. The Morgan fingerprint density at radius 2 is 1.37 bits per heavy atom. The molecule has 0 radical (unpaired) electrons. The van der Waals surface area contributed by atoms with Crippen LogP contribution in [0.4, 0.5) is 5.69 Å². The predicted molar refractivity (Wildman–Crippen MR) is 108 cm³/mol. The van der Waals surface area contributed by atoms with Crippen molar-refractivity contribution in [3.05, 3.63) is 63.7 Å². The smallest absolute Gasteiger partial charge is 0.196 e. The van der Waals surface area contributed by atoms with Crippen LogP contribution in [-0.2, 0) is 0 Å². The fourth-order valence-electron chi connectivity index (χ4n) is 3.16. The van der Waals surface area contributed by atoms with Crippen LogP contribution in [0.2, 0.25) is 5.02 Å². The lowest BCUT2D eigenvalue weighted by atomic mass is 9.83. The van der Waals surface area contributed by atoms with Crippen molar-refractivity contribution in [1.82, 2.24) is 10.6 Å². The van der Waals surface area contributed by atoms with Crippen molar-refractivity contribution < 1.29 is 9.59 Å². The summed E-state index contributed by atoms with van der Waals surface area (Å²) in [5.74, 6) is -0.387. The highest BCUT2D eigenvalue weighted by atomic mass is 35.5. The van der Waals surface area contributed by atoms with Crippen molar-refractivity contribution >= 4 is 28.9 Å². The summed E-state index contributed by atoms with van der Waals surface area (Å²) in [5.41, 5.74) is 7.55. The van der Waals surface area contributed by atoms with Crippen LogP contribution in [0.5, 0.6) is 0 Å². The third-order valence-electron chi connectivity index (χ3n) is 4.44. The van der Waals surface area contributed by atoms with Crippen LogP contribution >= 0.6 is 11.6 Å². The van der Waals surface area contributed by atoms with Crippen LogP contribution in [0.25, 0.3) is 0 Å². The van der Waals surface area contributed by atoms with Gasteiger partial charge in [0.2, 0.25) is 0 Å². The van der Waals surface area contributed by atoms with E-state index in [2.05, 4.69) is 16.0 Å². The molecule has 1 aliphatic carbocycles. The Bertz CT molecular complexity index is 854. The van der Waals surface area contributed by atoms with Crippen LogP contribution in [0.3, 0.4) is 0 Å². The Morgan fingerprint density at radius 3 is 2.11 bits per heavy atom. The van der Waals surface area contributed by atoms with E-state index in [9.17, 15) is 9.59 Å². The first-order valence-electron chi connectivity index (χ1n) is 9.01. The highest BCUT2D eigenvalue weighted by Gasteiger charge is 2.32. The molecule has 0 spiro atoms. The molecular formula is C20H23ClN4O2. The lowest BCUT2D eigenvalue weighted by Crippen LogP contribution is -2.33. The van der Waals surface area contributed by atoms with Crippen LogP contribution < -0.4 is 21.7 Å². The number of carbonyl (C=O) groups excluding carboxylic acids is 2. The number of benzene rings is 2. The highest BCUT2D eigenvalue weighted by molar-refractivity contribution is 6.39. The van der Waals surface area contributed by atoms with E-state index in [1.165, 1.54) is 0 Å². The lowest BCUT2D eigenvalue weighted by Gasteiger charge is -2.21. The van der Waals surface area contributed by atoms with E-state index in [-0.39, 0.29) is 11.6 Å². The molecule has 0 bridgehead atoms. The average Bonchev–Trinajstić information content (AvgIpc) is 2.68. The quantitative estimate of drug-likeness (QED) is 0.418. The van der Waals surface area contributed by atoms with E-state index < -0.39 is 0 Å². The predicted octanol–water partition coefficient (Wildman–Crippen LogP) is 1.67. The topological polar surface area (TPSA) is 96.2 Å². The second-order valence-electron chi connectivity index (χ2n) is 6.26. The lowest BCUT2D eigenvalue weighted by molar-refractivity contribution is 0.0979. The number of nitrogens with two attached hydrogens (primary N) is 1. The fraction of sp³-hybridized carbons (Fsp3) is 0.300. The van der Waals surface area contributed by atoms with Gasteiger partial charge in [-0.25, -0.2) is 0 Å². The molecule has 2 aromatic rings. The summed E-state index contributed by atoms with van der Waals surface area (Å²) in [6.07, 6.45) is 0. The van der Waals surface area contributed by atoms with Gasteiger partial charge >= 0.3 is 0 Å². The largest absolute Gasteiger partial charge is 0.383 e. The summed E-state index contributed by atoms with van der Waals surface area (Å²) in [6, 6.07) is 10.2. The Kier molecular flexibility index (Phi) is 6.58. The van der Waals surface area contributed by atoms with Crippen molar-refractivity contribution in [2.45, 2.75) is 0 Å². The number of hydrogen-bond donors (Lipinski definition) is 4. The van der Waals surface area contributed by atoms with Crippen LogP contribution in [0.1, 0.15) is 31.8 Å². The summed E-state index contributed by atoms with van der Waals surface area (Å²) in [5, 5.41) is 10.1. The van der Waals surface area contributed by atoms with Crippen molar-refractivity contribution in [3.8, 4) is 0 Å². The molecule has 142 valence electrons. The summed E-state index contributed by atoms with van der Waals surface area (Å²) in [7, 11) is 0. The molecule has 5 N–H and O–H groups in total. The number of hydrogen-bond acceptors (Lipinski definition) is 6. The van der Waals surface area contributed by atoms with Gasteiger partial charge in [0.1, 0.15) is 0 Å². The van der Waals surface area contributed by atoms with E-state index in [0.717, 1.165) is 26.2 Å².